The summed E-state index contributed by atoms with van der Waals surface area (Å²) in [6.07, 6.45) is 8.42. The molecule has 0 unspecified atom stereocenters. The number of ether oxygens (including phenoxy) is 2. The van der Waals surface area contributed by atoms with Crippen LogP contribution in [0.5, 0.6) is 11.5 Å². The van der Waals surface area contributed by atoms with Crippen LogP contribution in [0.3, 0.4) is 0 Å². The van der Waals surface area contributed by atoms with E-state index < -0.39 is 0 Å². The van der Waals surface area contributed by atoms with E-state index in [-0.39, 0.29) is 12.4 Å². The molecular weight excluding hydrogens is 336 g/mol. The van der Waals surface area contributed by atoms with Gasteiger partial charge in [-0.15, -0.1) is 6.42 Å². The van der Waals surface area contributed by atoms with Gasteiger partial charge >= 0.3 is 0 Å². The summed E-state index contributed by atoms with van der Waals surface area (Å²) in [5.74, 6) is 3.21. The molecule has 0 bridgehead atoms. The van der Waals surface area contributed by atoms with Gasteiger partial charge in [0.15, 0.2) is 17.3 Å². The van der Waals surface area contributed by atoms with Gasteiger partial charge in [0.1, 0.15) is 6.61 Å². The fourth-order valence-electron chi connectivity index (χ4n) is 2.19. The van der Waals surface area contributed by atoms with Crippen molar-refractivity contribution in [1.82, 2.24) is 0 Å². The number of allylic oxidation sites excluding steroid dienone is 1. The van der Waals surface area contributed by atoms with Crippen LogP contribution in [0.4, 0.5) is 0 Å². The standard InChI is InChI=1S/C21H19ClO3/c1-4-12-25-21-18(22)13-16(14-20(21)24-5-2)8-11-19(23)17-9-6-15(3)7-10-17/h1,6-11,13-14H,5,12H2,2-3H3/b11-8+. The zero-order chi connectivity index (χ0) is 18.2. The van der Waals surface area contributed by atoms with Gasteiger partial charge in [-0.1, -0.05) is 53.4 Å². The highest BCUT2D eigenvalue weighted by Gasteiger charge is 2.12. The van der Waals surface area contributed by atoms with Crippen LogP contribution in [0.15, 0.2) is 42.5 Å². The monoisotopic (exact) mass is 354 g/mol. The van der Waals surface area contributed by atoms with Gasteiger partial charge in [-0.2, -0.15) is 0 Å². The molecular formula is C21H19ClO3. The minimum Gasteiger partial charge on any atom is -0.490 e. The van der Waals surface area contributed by atoms with E-state index in [0.29, 0.717) is 28.7 Å². The maximum absolute atomic E-state index is 12.2. The smallest absolute Gasteiger partial charge is 0.185 e. The van der Waals surface area contributed by atoms with Crippen LogP contribution < -0.4 is 9.47 Å². The fourth-order valence-corrected chi connectivity index (χ4v) is 2.46. The minimum atomic E-state index is -0.0817. The summed E-state index contributed by atoms with van der Waals surface area (Å²) < 4.78 is 11.0. The Morgan fingerprint density at radius 2 is 1.96 bits per heavy atom. The second-order valence-corrected chi connectivity index (χ2v) is 5.73. The lowest BCUT2D eigenvalue weighted by Gasteiger charge is -2.13. The second kappa shape index (κ2) is 8.96. The Bertz CT molecular complexity index is 814. The summed E-state index contributed by atoms with van der Waals surface area (Å²) in [7, 11) is 0. The van der Waals surface area contributed by atoms with Gasteiger partial charge in [-0.3, -0.25) is 4.79 Å². The summed E-state index contributed by atoms with van der Waals surface area (Å²) >= 11 is 6.26. The fraction of sp³-hybridized carbons (Fsp3) is 0.190. The van der Waals surface area contributed by atoms with Crippen molar-refractivity contribution >= 4 is 23.5 Å². The average molecular weight is 355 g/mol. The first-order valence-corrected chi connectivity index (χ1v) is 8.24. The zero-order valence-electron chi connectivity index (χ0n) is 14.2. The molecule has 0 amide bonds. The van der Waals surface area contributed by atoms with E-state index in [1.165, 1.54) is 6.08 Å². The number of hydrogen-bond donors (Lipinski definition) is 0. The SMILES string of the molecule is C#CCOc1c(Cl)cc(/C=C/C(=O)c2ccc(C)cc2)cc1OCC. The highest BCUT2D eigenvalue weighted by atomic mass is 35.5. The van der Waals surface area contributed by atoms with Crippen LogP contribution in [0.1, 0.15) is 28.4 Å². The van der Waals surface area contributed by atoms with E-state index in [1.54, 1.807) is 30.3 Å². The molecule has 0 radical (unpaired) electrons. The van der Waals surface area contributed by atoms with E-state index in [9.17, 15) is 4.79 Å². The van der Waals surface area contributed by atoms with E-state index in [2.05, 4.69) is 5.92 Å². The van der Waals surface area contributed by atoms with Crippen LogP contribution in [-0.2, 0) is 0 Å². The normalized spacial score (nSPS) is 10.5. The lowest BCUT2D eigenvalue weighted by Crippen LogP contribution is -2.00. The number of ketones is 1. The van der Waals surface area contributed by atoms with E-state index in [1.807, 2.05) is 26.0 Å². The first-order valence-electron chi connectivity index (χ1n) is 7.86. The van der Waals surface area contributed by atoms with Gasteiger partial charge in [0.25, 0.3) is 0 Å². The predicted molar refractivity (Wildman–Crippen MR) is 101 cm³/mol. The molecule has 2 aromatic carbocycles. The minimum absolute atomic E-state index is 0.0817. The third-order valence-electron chi connectivity index (χ3n) is 3.39. The number of terminal acetylenes is 1. The van der Waals surface area contributed by atoms with Gasteiger partial charge in [-0.05, 0) is 37.6 Å². The van der Waals surface area contributed by atoms with Crippen molar-refractivity contribution in [2.45, 2.75) is 13.8 Å². The van der Waals surface area contributed by atoms with Crippen LogP contribution in [0.2, 0.25) is 5.02 Å². The molecule has 2 rings (SSSR count). The van der Waals surface area contributed by atoms with Gasteiger partial charge < -0.3 is 9.47 Å². The number of carbonyl (C=O) groups is 1. The molecule has 0 aliphatic carbocycles. The number of hydrogen-bond acceptors (Lipinski definition) is 3. The number of rotatable bonds is 7. The van der Waals surface area contributed by atoms with Crippen LogP contribution >= 0.6 is 11.6 Å². The number of aryl methyl sites for hydroxylation is 1. The summed E-state index contributed by atoms with van der Waals surface area (Å²) in [5.41, 5.74) is 2.48. The highest BCUT2D eigenvalue weighted by molar-refractivity contribution is 6.32. The van der Waals surface area contributed by atoms with E-state index in [0.717, 1.165) is 11.1 Å². The Morgan fingerprint density at radius 3 is 2.60 bits per heavy atom. The molecule has 3 nitrogen and oxygen atoms in total. The van der Waals surface area contributed by atoms with Gasteiger partial charge in [0, 0.05) is 5.56 Å². The van der Waals surface area contributed by atoms with E-state index in [4.69, 9.17) is 27.5 Å². The maximum Gasteiger partial charge on any atom is 0.185 e. The third kappa shape index (κ3) is 5.14. The van der Waals surface area contributed by atoms with Crippen LogP contribution in [0, 0.1) is 19.3 Å². The first kappa shape index (κ1) is 18.6. The zero-order valence-corrected chi connectivity index (χ0v) is 15.0. The van der Waals surface area contributed by atoms with Crippen molar-refractivity contribution in [3.63, 3.8) is 0 Å². The van der Waals surface area contributed by atoms with E-state index >= 15 is 0 Å². The lowest BCUT2D eigenvalue weighted by atomic mass is 10.1. The molecule has 0 aliphatic heterocycles. The van der Waals surface area contributed by atoms with Crippen molar-refractivity contribution < 1.29 is 14.3 Å². The quantitative estimate of drug-likeness (QED) is 0.400. The highest BCUT2D eigenvalue weighted by Crippen LogP contribution is 2.37. The molecule has 0 heterocycles. The molecule has 0 N–H and O–H groups in total. The molecule has 0 fully saturated rings. The summed E-state index contributed by atoms with van der Waals surface area (Å²) in [4.78, 5) is 12.2. The maximum atomic E-state index is 12.2. The average Bonchev–Trinajstić information content (AvgIpc) is 2.60. The van der Waals surface area contributed by atoms with Crippen molar-refractivity contribution in [2.75, 3.05) is 13.2 Å². The molecule has 0 aliphatic rings. The number of halogens is 1. The number of carbonyl (C=O) groups excluding carboxylic acids is 1. The second-order valence-electron chi connectivity index (χ2n) is 5.32. The molecule has 0 saturated carbocycles. The Hall–Kier alpha value is -2.70. The summed E-state index contributed by atoms with van der Waals surface area (Å²) in [5, 5.41) is 0.378. The van der Waals surface area contributed by atoms with Gasteiger partial charge in [0.2, 0.25) is 0 Å². The van der Waals surface area contributed by atoms with Crippen molar-refractivity contribution in [3.8, 4) is 23.8 Å². The Balaban J connectivity index is 2.25. The first-order chi connectivity index (χ1) is 12.0. The van der Waals surface area contributed by atoms with Crippen molar-refractivity contribution in [1.29, 1.82) is 0 Å². The molecule has 128 valence electrons. The van der Waals surface area contributed by atoms with Crippen molar-refractivity contribution in [2.24, 2.45) is 0 Å². The molecule has 0 atom stereocenters. The Labute approximate surface area is 153 Å². The summed E-state index contributed by atoms with van der Waals surface area (Å²) in [6.45, 7) is 4.40. The van der Waals surface area contributed by atoms with Gasteiger partial charge in [-0.25, -0.2) is 0 Å². The van der Waals surface area contributed by atoms with Crippen molar-refractivity contribution in [3.05, 3.63) is 64.2 Å². The van der Waals surface area contributed by atoms with Gasteiger partial charge in [0.05, 0.1) is 11.6 Å². The lowest BCUT2D eigenvalue weighted by molar-refractivity contribution is 0.104. The summed E-state index contributed by atoms with van der Waals surface area (Å²) in [6, 6.07) is 10.9. The van der Waals surface area contributed by atoms with Crippen LogP contribution in [0.25, 0.3) is 6.08 Å². The topological polar surface area (TPSA) is 35.5 Å². The molecule has 2 aromatic rings. The molecule has 0 aromatic heterocycles. The molecule has 4 heteroatoms. The third-order valence-corrected chi connectivity index (χ3v) is 3.68. The number of benzene rings is 2. The molecule has 0 spiro atoms. The molecule has 25 heavy (non-hydrogen) atoms. The van der Waals surface area contributed by atoms with Crippen LogP contribution in [-0.4, -0.2) is 19.0 Å². The Kier molecular flexibility index (Phi) is 6.68. The predicted octanol–water partition coefficient (Wildman–Crippen LogP) is 4.96. The molecule has 0 saturated heterocycles. The largest absolute Gasteiger partial charge is 0.490 e. The Morgan fingerprint density at radius 1 is 1.24 bits per heavy atom.